The minimum absolute atomic E-state index is 0.0396. The highest BCUT2D eigenvalue weighted by molar-refractivity contribution is 5.93. The molecule has 2 heterocycles. The molecule has 3 aromatic rings. The van der Waals surface area contributed by atoms with Crippen LogP contribution in [0.1, 0.15) is 12.5 Å². The summed E-state index contributed by atoms with van der Waals surface area (Å²) in [6.07, 6.45) is -4.52. The number of amides is 1. The quantitative estimate of drug-likeness (QED) is 0.729. The molecule has 1 aliphatic heterocycles. The Morgan fingerprint density at radius 3 is 2.38 bits per heavy atom. The molecule has 0 aliphatic carbocycles. The first-order chi connectivity index (χ1) is 13.7. The summed E-state index contributed by atoms with van der Waals surface area (Å²) in [6.45, 7) is 2.45. The molecule has 0 atom stereocenters. The first kappa shape index (κ1) is 19.0. The molecule has 1 fully saturated rings. The van der Waals surface area contributed by atoms with Gasteiger partial charge in [0.15, 0.2) is 0 Å². The Hall–Kier alpha value is -3.29. The third kappa shape index (κ3) is 3.57. The monoisotopic (exact) mass is 401 g/mol. The van der Waals surface area contributed by atoms with E-state index in [0.717, 1.165) is 12.1 Å². The molecule has 29 heavy (non-hydrogen) atoms. The summed E-state index contributed by atoms with van der Waals surface area (Å²) in [6, 6.07) is 13.3. The van der Waals surface area contributed by atoms with Crippen molar-refractivity contribution in [1.82, 2.24) is 9.47 Å². The van der Waals surface area contributed by atoms with E-state index in [2.05, 4.69) is 5.32 Å². The van der Waals surface area contributed by atoms with Gasteiger partial charge in [-0.05, 0) is 24.3 Å². The number of fused-ring (bicyclic) bond motifs is 1. The number of aromatic nitrogens is 1. The summed E-state index contributed by atoms with van der Waals surface area (Å²) in [5.74, 6) is -0.0396. The maximum absolute atomic E-state index is 13.3. The lowest BCUT2D eigenvalue weighted by Gasteiger charge is -2.39. The molecule has 1 saturated heterocycles. The molecule has 1 N–H and O–H groups in total. The van der Waals surface area contributed by atoms with Gasteiger partial charge in [-0.15, -0.1) is 0 Å². The number of nitrogens with zero attached hydrogens (tertiary/aromatic N) is 2. The second-order valence-corrected chi connectivity index (χ2v) is 7.06. The van der Waals surface area contributed by atoms with Crippen molar-refractivity contribution >= 4 is 22.5 Å². The number of rotatable bonds is 3. The van der Waals surface area contributed by atoms with Crippen LogP contribution < -0.4 is 10.9 Å². The fourth-order valence-electron chi connectivity index (χ4n) is 3.51. The van der Waals surface area contributed by atoms with Crippen LogP contribution in [-0.2, 0) is 11.0 Å². The van der Waals surface area contributed by atoms with E-state index in [1.807, 2.05) is 0 Å². The molecule has 1 amide bonds. The van der Waals surface area contributed by atoms with Crippen molar-refractivity contribution in [2.75, 3.05) is 18.4 Å². The number of benzene rings is 2. The highest BCUT2D eigenvalue weighted by Gasteiger charge is 2.32. The van der Waals surface area contributed by atoms with Crippen molar-refractivity contribution in [3.8, 4) is 5.69 Å². The van der Waals surface area contributed by atoms with Crippen molar-refractivity contribution < 1.29 is 18.0 Å². The average Bonchev–Trinajstić information content (AvgIpc) is 2.63. The number of carbonyl (C=O) groups excluding carboxylic acids is 1. The van der Waals surface area contributed by atoms with E-state index in [9.17, 15) is 22.8 Å². The van der Waals surface area contributed by atoms with Gasteiger partial charge in [0.1, 0.15) is 0 Å². The van der Waals surface area contributed by atoms with Gasteiger partial charge in [0.2, 0.25) is 5.91 Å². The number of carbonyl (C=O) groups is 1. The fraction of sp³-hybridized carbons (Fsp3) is 0.238. The van der Waals surface area contributed by atoms with Crippen LogP contribution in [0.25, 0.3) is 16.6 Å². The minimum Gasteiger partial charge on any atom is -0.378 e. The molecule has 0 radical (unpaired) electrons. The van der Waals surface area contributed by atoms with Gasteiger partial charge in [-0.2, -0.15) is 13.2 Å². The molecule has 1 aliphatic rings. The summed E-state index contributed by atoms with van der Waals surface area (Å²) in [4.78, 5) is 25.9. The van der Waals surface area contributed by atoms with Crippen LogP contribution in [-0.4, -0.2) is 34.5 Å². The Kier molecular flexibility index (Phi) is 4.56. The van der Waals surface area contributed by atoms with Gasteiger partial charge in [0.05, 0.1) is 17.1 Å². The van der Waals surface area contributed by atoms with E-state index in [1.165, 1.54) is 23.6 Å². The van der Waals surface area contributed by atoms with Crippen LogP contribution in [0.15, 0.2) is 59.4 Å². The summed E-state index contributed by atoms with van der Waals surface area (Å²) in [7, 11) is 0. The minimum atomic E-state index is -4.52. The van der Waals surface area contributed by atoms with Crippen LogP contribution in [0.2, 0.25) is 0 Å². The van der Waals surface area contributed by atoms with E-state index in [-0.39, 0.29) is 17.5 Å². The lowest BCUT2D eigenvalue weighted by Crippen LogP contribution is -2.56. The van der Waals surface area contributed by atoms with Crippen LogP contribution in [0.3, 0.4) is 0 Å². The number of nitrogens with one attached hydrogen (secondary N) is 1. The molecule has 5 nitrogen and oxygen atoms in total. The Labute approximate surface area is 164 Å². The van der Waals surface area contributed by atoms with Crippen molar-refractivity contribution in [3.63, 3.8) is 0 Å². The van der Waals surface area contributed by atoms with Gasteiger partial charge in [0.25, 0.3) is 5.56 Å². The predicted molar refractivity (Wildman–Crippen MR) is 104 cm³/mol. The van der Waals surface area contributed by atoms with Crippen LogP contribution in [0.5, 0.6) is 0 Å². The molecular weight excluding hydrogens is 383 g/mol. The standard InChI is InChI=1S/C21H18F3N3O2/c1-13(28)26-11-15(12-26)25-18-10-20(29)27(16-5-3-2-4-6-16)19-9-14(21(22,23)24)7-8-17(18)19/h2-10,15,25H,11-12H2,1H3. The Balaban J connectivity index is 1.84. The molecule has 0 spiro atoms. The molecule has 8 heteroatoms. The first-order valence-electron chi connectivity index (χ1n) is 9.08. The van der Waals surface area contributed by atoms with E-state index in [0.29, 0.717) is 29.9 Å². The maximum atomic E-state index is 13.3. The largest absolute Gasteiger partial charge is 0.416 e. The smallest absolute Gasteiger partial charge is 0.378 e. The molecule has 0 saturated carbocycles. The van der Waals surface area contributed by atoms with Gasteiger partial charge in [-0.3, -0.25) is 14.2 Å². The normalized spacial score (nSPS) is 14.7. The molecule has 0 bridgehead atoms. The number of likely N-dealkylation sites (tertiary alicyclic amines) is 1. The SMILES string of the molecule is CC(=O)N1CC(Nc2cc(=O)n(-c3ccccc3)c3cc(C(F)(F)F)ccc23)C1. The lowest BCUT2D eigenvalue weighted by atomic mass is 10.1. The number of anilines is 1. The third-order valence-electron chi connectivity index (χ3n) is 5.05. The zero-order chi connectivity index (χ0) is 20.8. The van der Waals surface area contributed by atoms with Crippen molar-refractivity contribution in [2.45, 2.75) is 19.1 Å². The van der Waals surface area contributed by atoms with Gasteiger partial charge < -0.3 is 10.2 Å². The van der Waals surface area contributed by atoms with E-state index in [4.69, 9.17) is 0 Å². The van der Waals surface area contributed by atoms with E-state index >= 15 is 0 Å². The van der Waals surface area contributed by atoms with Crippen LogP contribution >= 0.6 is 0 Å². The second-order valence-electron chi connectivity index (χ2n) is 7.06. The Morgan fingerprint density at radius 2 is 1.76 bits per heavy atom. The fourth-order valence-corrected chi connectivity index (χ4v) is 3.51. The Morgan fingerprint density at radius 1 is 1.07 bits per heavy atom. The van der Waals surface area contributed by atoms with Gasteiger partial charge >= 0.3 is 6.18 Å². The zero-order valence-corrected chi connectivity index (χ0v) is 15.5. The number of hydrogen-bond donors (Lipinski definition) is 1. The van der Waals surface area contributed by atoms with Crippen LogP contribution in [0.4, 0.5) is 18.9 Å². The summed E-state index contributed by atoms with van der Waals surface area (Å²) < 4.78 is 41.2. The number of alkyl halides is 3. The highest BCUT2D eigenvalue weighted by atomic mass is 19.4. The molecule has 0 unspecified atom stereocenters. The van der Waals surface area contributed by atoms with E-state index < -0.39 is 17.3 Å². The van der Waals surface area contributed by atoms with Gasteiger partial charge in [-0.1, -0.05) is 24.3 Å². The summed E-state index contributed by atoms with van der Waals surface area (Å²) in [5, 5.41) is 3.70. The summed E-state index contributed by atoms with van der Waals surface area (Å²) in [5.41, 5.74) is -0.145. The molecule has 150 valence electrons. The summed E-state index contributed by atoms with van der Waals surface area (Å²) >= 11 is 0. The number of para-hydroxylation sites is 1. The van der Waals surface area contributed by atoms with Gasteiger partial charge in [0, 0.05) is 42.8 Å². The van der Waals surface area contributed by atoms with Crippen LogP contribution in [0, 0.1) is 0 Å². The molecule has 4 rings (SSSR count). The van der Waals surface area contributed by atoms with Crippen molar-refractivity contribution in [3.05, 3.63) is 70.5 Å². The predicted octanol–water partition coefficient (Wildman–Crippen LogP) is 3.65. The molecule has 2 aromatic carbocycles. The van der Waals surface area contributed by atoms with Gasteiger partial charge in [-0.25, -0.2) is 0 Å². The lowest BCUT2D eigenvalue weighted by molar-refractivity contribution is -0.137. The second kappa shape index (κ2) is 6.95. The molecule has 1 aromatic heterocycles. The first-order valence-corrected chi connectivity index (χ1v) is 9.08. The van der Waals surface area contributed by atoms with E-state index in [1.54, 1.807) is 35.2 Å². The number of halogens is 3. The van der Waals surface area contributed by atoms with Crippen molar-refractivity contribution in [2.24, 2.45) is 0 Å². The number of hydrogen-bond acceptors (Lipinski definition) is 3. The maximum Gasteiger partial charge on any atom is 0.416 e. The average molecular weight is 401 g/mol. The number of pyridine rings is 1. The van der Waals surface area contributed by atoms with Crippen molar-refractivity contribution in [1.29, 1.82) is 0 Å². The zero-order valence-electron chi connectivity index (χ0n) is 15.5. The molecular formula is C21H18F3N3O2. The Bertz CT molecular complexity index is 1130. The highest BCUT2D eigenvalue weighted by Crippen LogP contribution is 2.34. The third-order valence-corrected chi connectivity index (χ3v) is 5.05. The topological polar surface area (TPSA) is 54.3 Å².